The molecule has 1 heterocycles. The van der Waals surface area contributed by atoms with Crippen molar-refractivity contribution in [3.05, 3.63) is 81.3 Å². The number of para-hydroxylation sites is 1. The molecule has 36 heavy (non-hydrogen) atoms. The van der Waals surface area contributed by atoms with Crippen LogP contribution >= 0.6 is 11.3 Å². The summed E-state index contributed by atoms with van der Waals surface area (Å²) in [7, 11) is 1.54. The Bertz CT molecular complexity index is 1180. The number of hydrogen-bond acceptors (Lipinski definition) is 5. The minimum atomic E-state index is -4.45. The number of benzene rings is 2. The number of carbonyl (C=O) groups is 2. The highest BCUT2D eigenvalue weighted by Crippen LogP contribution is 2.29. The number of aromatic nitrogens is 1. The summed E-state index contributed by atoms with van der Waals surface area (Å²) in [5.74, 6) is -0.514. The second-order valence-electron chi connectivity index (χ2n) is 7.86. The number of aryl methyl sites for hydroxylation is 1. The van der Waals surface area contributed by atoms with Gasteiger partial charge < -0.3 is 20.3 Å². The summed E-state index contributed by atoms with van der Waals surface area (Å²) < 4.78 is 43.8. The summed E-state index contributed by atoms with van der Waals surface area (Å²) in [5, 5.41) is 7.60. The summed E-state index contributed by atoms with van der Waals surface area (Å²) in [6.07, 6.45) is -3.69. The highest BCUT2D eigenvalue weighted by atomic mass is 32.1. The van der Waals surface area contributed by atoms with Crippen molar-refractivity contribution in [2.45, 2.75) is 32.6 Å². The van der Waals surface area contributed by atoms with E-state index in [4.69, 9.17) is 4.74 Å². The highest BCUT2D eigenvalue weighted by molar-refractivity contribution is 7.09. The fourth-order valence-electron chi connectivity index (χ4n) is 3.38. The van der Waals surface area contributed by atoms with E-state index in [0.717, 1.165) is 29.8 Å². The SMILES string of the molecule is CCc1ccccc1NC(=O)N(CCOC)Cc1nc(C(=O)NCc2cccc(C(F)(F)F)c2)cs1. The van der Waals surface area contributed by atoms with E-state index in [1.807, 2.05) is 31.2 Å². The van der Waals surface area contributed by atoms with E-state index in [2.05, 4.69) is 15.6 Å². The maximum atomic E-state index is 13.0. The van der Waals surface area contributed by atoms with Crippen molar-refractivity contribution in [3.8, 4) is 0 Å². The van der Waals surface area contributed by atoms with Gasteiger partial charge in [-0.25, -0.2) is 9.78 Å². The molecule has 0 bridgehead atoms. The number of anilines is 1. The minimum Gasteiger partial charge on any atom is -0.383 e. The van der Waals surface area contributed by atoms with Gasteiger partial charge in [0.15, 0.2) is 0 Å². The molecule has 2 N–H and O–H groups in total. The Labute approximate surface area is 211 Å². The maximum Gasteiger partial charge on any atom is 0.416 e. The predicted octanol–water partition coefficient (Wildman–Crippen LogP) is 5.33. The summed E-state index contributed by atoms with van der Waals surface area (Å²) in [6, 6.07) is 12.0. The van der Waals surface area contributed by atoms with E-state index >= 15 is 0 Å². The van der Waals surface area contributed by atoms with Crippen LogP contribution in [0.5, 0.6) is 0 Å². The van der Waals surface area contributed by atoms with Crippen LogP contribution in [0.15, 0.2) is 53.9 Å². The van der Waals surface area contributed by atoms with Crippen LogP contribution in [0.2, 0.25) is 0 Å². The first-order valence-corrected chi connectivity index (χ1v) is 12.1. The van der Waals surface area contributed by atoms with Gasteiger partial charge >= 0.3 is 12.2 Å². The summed E-state index contributed by atoms with van der Waals surface area (Å²) in [6.45, 7) is 2.72. The van der Waals surface area contributed by atoms with Gasteiger partial charge in [0.25, 0.3) is 5.91 Å². The molecule has 0 aliphatic heterocycles. The zero-order valence-electron chi connectivity index (χ0n) is 19.9. The minimum absolute atomic E-state index is 0.0746. The number of nitrogens with zero attached hydrogens (tertiary/aromatic N) is 2. The van der Waals surface area contributed by atoms with Crippen LogP contribution in [0.4, 0.5) is 23.7 Å². The highest BCUT2D eigenvalue weighted by Gasteiger charge is 2.30. The van der Waals surface area contributed by atoms with Gasteiger partial charge in [0.1, 0.15) is 10.7 Å². The Morgan fingerprint density at radius 3 is 2.64 bits per heavy atom. The van der Waals surface area contributed by atoms with E-state index in [1.54, 1.807) is 17.4 Å². The molecule has 0 aliphatic carbocycles. The standard InChI is InChI=1S/C25H27F3N4O3S/c1-3-18-8-4-5-10-20(18)31-24(34)32(11-12-35-2)15-22-30-21(16-36-22)23(33)29-14-17-7-6-9-19(13-17)25(26,27)28/h4-10,13,16H,3,11-12,14-15H2,1-2H3,(H,29,33)(H,31,34). The molecule has 3 amide bonds. The van der Waals surface area contributed by atoms with E-state index in [-0.39, 0.29) is 24.8 Å². The largest absolute Gasteiger partial charge is 0.416 e. The van der Waals surface area contributed by atoms with Gasteiger partial charge in [-0.15, -0.1) is 11.3 Å². The third kappa shape index (κ3) is 7.53. The zero-order valence-corrected chi connectivity index (χ0v) is 20.7. The van der Waals surface area contributed by atoms with Gasteiger partial charge in [-0.05, 0) is 35.7 Å². The van der Waals surface area contributed by atoms with Gasteiger partial charge in [0.2, 0.25) is 0 Å². The molecule has 0 radical (unpaired) electrons. The molecule has 7 nitrogen and oxygen atoms in total. The third-order valence-corrected chi connectivity index (χ3v) is 6.14. The molecule has 3 rings (SSSR count). The van der Waals surface area contributed by atoms with E-state index in [1.165, 1.54) is 23.5 Å². The van der Waals surface area contributed by atoms with Crippen LogP contribution in [0, 0.1) is 0 Å². The number of urea groups is 1. The van der Waals surface area contributed by atoms with Crippen molar-refractivity contribution in [2.24, 2.45) is 0 Å². The molecule has 0 unspecified atom stereocenters. The Morgan fingerprint density at radius 2 is 1.92 bits per heavy atom. The molecule has 0 spiro atoms. The first-order valence-electron chi connectivity index (χ1n) is 11.2. The van der Waals surface area contributed by atoms with Gasteiger partial charge in [0, 0.05) is 31.3 Å². The topological polar surface area (TPSA) is 83.6 Å². The van der Waals surface area contributed by atoms with E-state index in [0.29, 0.717) is 23.7 Å². The lowest BCUT2D eigenvalue weighted by Gasteiger charge is -2.22. The summed E-state index contributed by atoms with van der Waals surface area (Å²) >= 11 is 1.22. The van der Waals surface area contributed by atoms with Crippen LogP contribution in [0.25, 0.3) is 0 Å². The molecule has 0 aliphatic rings. The van der Waals surface area contributed by atoms with Gasteiger partial charge in [0.05, 0.1) is 18.7 Å². The van der Waals surface area contributed by atoms with E-state index in [9.17, 15) is 22.8 Å². The first-order chi connectivity index (χ1) is 17.2. The van der Waals surface area contributed by atoms with Crippen LogP contribution in [-0.4, -0.2) is 42.1 Å². The zero-order chi connectivity index (χ0) is 26.1. The Balaban J connectivity index is 1.63. The summed E-state index contributed by atoms with van der Waals surface area (Å²) in [5.41, 5.74) is 1.41. The summed E-state index contributed by atoms with van der Waals surface area (Å²) in [4.78, 5) is 31.3. The lowest BCUT2D eigenvalue weighted by atomic mass is 10.1. The van der Waals surface area contributed by atoms with Crippen LogP contribution < -0.4 is 10.6 Å². The molecule has 0 saturated carbocycles. The Morgan fingerprint density at radius 1 is 1.14 bits per heavy atom. The molecule has 11 heteroatoms. The van der Waals surface area contributed by atoms with Crippen molar-refractivity contribution < 1.29 is 27.5 Å². The van der Waals surface area contributed by atoms with Crippen molar-refractivity contribution in [3.63, 3.8) is 0 Å². The number of thiazole rings is 1. The quantitative estimate of drug-likeness (QED) is 0.378. The van der Waals surface area contributed by atoms with Crippen molar-refractivity contribution in [1.82, 2.24) is 15.2 Å². The van der Waals surface area contributed by atoms with E-state index < -0.39 is 17.6 Å². The number of halogens is 3. The normalized spacial score (nSPS) is 11.2. The predicted molar refractivity (Wildman–Crippen MR) is 132 cm³/mol. The molecule has 192 valence electrons. The molecule has 0 fully saturated rings. The Kier molecular flexibility index (Phi) is 9.43. The molecule has 0 atom stereocenters. The number of carbonyl (C=O) groups excluding carboxylic acids is 2. The van der Waals surface area contributed by atoms with Crippen molar-refractivity contribution >= 4 is 29.0 Å². The molecular formula is C25H27F3N4O3S. The molecule has 2 aromatic carbocycles. The van der Waals surface area contributed by atoms with Crippen LogP contribution in [0.3, 0.4) is 0 Å². The molecule has 1 aromatic heterocycles. The molecule has 0 saturated heterocycles. The number of nitrogens with one attached hydrogen (secondary N) is 2. The number of alkyl halides is 3. The third-order valence-electron chi connectivity index (χ3n) is 5.31. The van der Waals surface area contributed by atoms with Crippen molar-refractivity contribution in [1.29, 1.82) is 0 Å². The average Bonchev–Trinajstić information content (AvgIpc) is 3.33. The maximum absolute atomic E-state index is 13.0. The second kappa shape index (κ2) is 12.5. The van der Waals surface area contributed by atoms with Crippen LogP contribution in [-0.2, 0) is 30.4 Å². The molecule has 3 aromatic rings. The van der Waals surface area contributed by atoms with Gasteiger partial charge in [-0.2, -0.15) is 13.2 Å². The fourth-order valence-corrected chi connectivity index (χ4v) is 4.17. The number of rotatable bonds is 10. The molecular weight excluding hydrogens is 493 g/mol. The number of amides is 3. The smallest absolute Gasteiger partial charge is 0.383 e. The van der Waals surface area contributed by atoms with Gasteiger partial charge in [-0.3, -0.25) is 4.79 Å². The van der Waals surface area contributed by atoms with Gasteiger partial charge in [-0.1, -0.05) is 37.3 Å². The number of hydrogen-bond donors (Lipinski definition) is 2. The number of methoxy groups -OCH3 is 1. The lowest BCUT2D eigenvalue weighted by molar-refractivity contribution is -0.137. The monoisotopic (exact) mass is 520 g/mol. The number of ether oxygens (including phenoxy) is 1. The average molecular weight is 521 g/mol. The van der Waals surface area contributed by atoms with Crippen LogP contribution in [0.1, 0.15) is 39.1 Å². The lowest BCUT2D eigenvalue weighted by Crippen LogP contribution is -2.37. The van der Waals surface area contributed by atoms with Crippen molar-refractivity contribution in [2.75, 3.05) is 25.6 Å². The second-order valence-corrected chi connectivity index (χ2v) is 8.81. The first kappa shape index (κ1) is 27.2. The fraction of sp³-hybridized carbons (Fsp3) is 0.320. The Hall–Kier alpha value is -3.44.